The van der Waals surface area contributed by atoms with Gasteiger partial charge in [-0.3, -0.25) is 9.59 Å². The zero-order valence-corrected chi connectivity index (χ0v) is 16.1. The van der Waals surface area contributed by atoms with Gasteiger partial charge < -0.3 is 19.6 Å². The molecule has 2 aromatic heterocycles. The van der Waals surface area contributed by atoms with Crippen molar-refractivity contribution in [1.82, 2.24) is 20.2 Å². The van der Waals surface area contributed by atoms with Gasteiger partial charge in [0.1, 0.15) is 6.04 Å². The monoisotopic (exact) mass is 380 g/mol. The van der Waals surface area contributed by atoms with Crippen molar-refractivity contribution in [2.75, 3.05) is 0 Å². The Morgan fingerprint density at radius 2 is 1.82 bits per heavy atom. The van der Waals surface area contributed by atoms with E-state index in [0.29, 0.717) is 0 Å². The second-order valence-corrected chi connectivity index (χ2v) is 6.96. The van der Waals surface area contributed by atoms with Gasteiger partial charge in [0.05, 0.1) is 18.6 Å². The van der Waals surface area contributed by atoms with E-state index < -0.39 is 11.9 Å². The molecular formula is C21H24N4O3. The number of carbonyl (C=O) groups is 2. The second kappa shape index (κ2) is 8.56. The topological polar surface area (TPSA) is 89.2 Å². The Morgan fingerprint density at radius 1 is 1.07 bits per heavy atom. The molecule has 2 heterocycles. The lowest BCUT2D eigenvalue weighted by Crippen LogP contribution is -2.50. The van der Waals surface area contributed by atoms with Gasteiger partial charge in [0.25, 0.3) is 5.91 Å². The Labute approximate surface area is 163 Å². The number of imidazole rings is 1. The molecule has 0 radical (unpaired) electrons. The molecule has 7 heteroatoms. The summed E-state index contributed by atoms with van der Waals surface area (Å²) in [6.07, 6.45) is 6.75. The zero-order chi connectivity index (χ0) is 20.1. The highest BCUT2D eigenvalue weighted by molar-refractivity contribution is 5.95. The number of furan rings is 1. The quantitative estimate of drug-likeness (QED) is 0.659. The Morgan fingerprint density at radius 3 is 2.39 bits per heavy atom. The van der Waals surface area contributed by atoms with Crippen LogP contribution in [-0.4, -0.2) is 27.4 Å². The van der Waals surface area contributed by atoms with Gasteiger partial charge >= 0.3 is 0 Å². The summed E-state index contributed by atoms with van der Waals surface area (Å²) in [5, 5.41) is 5.73. The van der Waals surface area contributed by atoms with Crippen molar-refractivity contribution < 1.29 is 14.0 Å². The van der Waals surface area contributed by atoms with E-state index in [0.717, 1.165) is 11.3 Å². The highest BCUT2D eigenvalue weighted by Gasteiger charge is 2.26. The molecule has 0 bridgehead atoms. The van der Waals surface area contributed by atoms with Crippen LogP contribution in [0.3, 0.4) is 0 Å². The number of nitrogens with one attached hydrogen (secondary N) is 2. The third kappa shape index (κ3) is 4.49. The molecule has 0 aliphatic rings. The predicted octanol–water partition coefficient (Wildman–Crippen LogP) is 3.10. The van der Waals surface area contributed by atoms with Crippen LogP contribution in [0.5, 0.6) is 0 Å². The van der Waals surface area contributed by atoms with E-state index in [2.05, 4.69) is 15.6 Å². The van der Waals surface area contributed by atoms with E-state index in [-0.39, 0.29) is 23.6 Å². The Balaban J connectivity index is 1.64. The molecule has 2 N–H and O–H groups in total. The van der Waals surface area contributed by atoms with Gasteiger partial charge in [-0.1, -0.05) is 26.0 Å². The summed E-state index contributed by atoms with van der Waals surface area (Å²) < 4.78 is 7.01. The van der Waals surface area contributed by atoms with Gasteiger partial charge in [0.2, 0.25) is 5.91 Å². The fourth-order valence-electron chi connectivity index (χ4n) is 2.89. The van der Waals surface area contributed by atoms with Crippen LogP contribution in [0, 0.1) is 5.92 Å². The molecule has 0 aliphatic heterocycles. The summed E-state index contributed by atoms with van der Waals surface area (Å²) in [5.74, 6) is -0.534. The van der Waals surface area contributed by atoms with E-state index in [9.17, 15) is 9.59 Å². The maximum Gasteiger partial charge on any atom is 0.287 e. The Hall–Kier alpha value is -3.35. The molecule has 146 valence electrons. The molecule has 0 aliphatic carbocycles. The predicted molar refractivity (Wildman–Crippen MR) is 105 cm³/mol. The van der Waals surface area contributed by atoms with Crippen molar-refractivity contribution in [2.45, 2.75) is 32.9 Å². The highest BCUT2D eigenvalue weighted by Crippen LogP contribution is 2.16. The van der Waals surface area contributed by atoms with Crippen LogP contribution in [0.1, 0.15) is 42.9 Å². The molecule has 28 heavy (non-hydrogen) atoms. The van der Waals surface area contributed by atoms with Crippen LogP contribution in [0.25, 0.3) is 5.69 Å². The van der Waals surface area contributed by atoms with Gasteiger partial charge in [-0.2, -0.15) is 0 Å². The highest BCUT2D eigenvalue weighted by atomic mass is 16.3. The van der Waals surface area contributed by atoms with Gasteiger partial charge in [0, 0.05) is 18.1 Å². The largest absolute Gasteiger partial charge is 0.459 e. The number of amides is 2. The van der Waals surface area contributed by atoms with Gasteiger partial charge in [-0.25, -0.2) is 4.98 Å². The molecule has 0 unspecified atom stereocenters. The van der Waals surface area contributed by atoms with E-state index in [1.54, 1.807) is 24.7 Å². The minimum Gasteiger partial charge on any atom is -0.459 e. The van der Waals surface area contributed by atoms with Crippen LogP contribution in [0.2, 0.25) is 0 Å². The fraction of sp³-hybridized carbons (Fsp3) is 0.286. The average Bonchev–Trinajstić information content (AvgIpc) is 3.39. The molecule has 1 aromatic carbocycles. The number of hydrogen-bond acceptors (Lipinski definition) is 4. The Bertz CT molecular complexity index is 900. The lowest BCUT2D eigenvalue weighted by Gasteiger charge is -2.24. The molecule has 2 amide bonds. The first kappa shape index (κ1) is 19.4. The Kier molecular flexibility index (Phi) is 5.93. The summed E-state index contributed by atoms with van der Waals surface area (Å²) >= 11 is 0. The van der Waals surface area contributed by atoms with E-state index in [4.69, 9.17) is 4.42 Å². The first-order valence-corrected chi connectivity index (χ1v) is 9.18. The fourth-order valence-corrected chi connectivity index (χ4v) is 2.89. The van der Waals surface area contributed by atoms with E-state index >= 15 is 0 Å². The number of hydrogen-bond donors (Lipinski definition) is 2. The maximum atomic E-state index is 12.8. The third-order valence-electron chi connectivity index (χ3n) is 4.54. The van der Waals surface area contributed by atoms with E-state index in [1.165, 1.54) is 6.26 Å². The average molecular weight is 380 g/mol. The lowest BCUT2D eigenvalue weighted by molar-refractivity contribution is -0.124. The summed E-state index contributed by atoms with van der Waals surface area (Å²) in [6.45, 7) is 5.68. The van der Waals surface area contributed by atoms with Gasteiger partial charge in [-0.05, 0) is 42.7 Å². The summed E-state index contributed by atoms with van der Waals surface area (Å²) in [5.41, 5.74) is 1.96. The van der Waals surface area contributed by atoms with Crippen LogP contribution >= 0.6 is 0 Å². The lowest BCUT2D eigenvalue weighted by atomic mass is 10.0. The molecule has 7 nitrogen and oxygen atoms in total. The minimum absolute atomic E-state index is 0.0743. The number of nitrogens with zero attached hydrogens (tertiary/aromatic N) is 2. The van der Waals surface area contributed by atoms with Crippen molar-refractivity contribution in [3.63, 3.8) is 0 Å². The summed E-state index contributed by atoms with van der Waals surface area (Å²) in [7, 11) is 0. The van der Waals surface area contributed by atoms with Crippen LogP contribution < -0.4 is 10.6 Å². The SMILES string of the molecule is CC(C)[C@H](NC(=O)c1ccco1)C(=O)N[C@H](C)c1ccc(-n2ccnc2)cc1. The van der Waals surface area contributed by atoms with Crippen molar-refractivity contribution >= 4 is 11.8 Å². The van der Waals surface area contributed by atoms with Crippen LogP contribution in [0.15, 0.2) is 65.8 Å². The number of rotatable bonds is 7. The number of benzene rings is 1. The maximum absolute atomic E-state index is 12.8. The number of carbonyl (C=O) groups excluding carboxylic acids is 2. The van der Waals surface area contributed by atoms with Crippen LogP contribution in [0.4, 0.5) is 0 Å². The third-order valence-corrected chi connectivity index (χ3v) is 4.54. The van der Waals surface area contributed by atoms with Gasteiger partial charge in [0.15, 0.2) is 5.76 Å². The molecule has 0 spiro atoms. The second-order valence-electron chi connectivity index (χ2n) is 6.96. The summed E-state index contributed by atoms with van der Waals surface area (Å²) in [4.78, 5) is 29.0. The molecule has 0 saturated carbocycles. The first-order valence-electron chi connectivity index (χ1n) is 9.18. The molecule has 2 atom stereocenters. The normalized spacial score (nSPS) is 13.1. The smallest absolute Gasteiger partial charge is 0.287 e. The first-order chi connectivity index (χ1) is 13.5. The van der Waals surface area contributed by atoms with Crippen LogP contribution in [-0.2, 0) is 4.79 Å². The van der Waals surface area contributed by atoms with Gasteiger partial charge in [-0.15, -0.1) is 0 Å². The van der Waals surface area contributed by atoms with E-state index in [1.807, 2.05) is 55.8 Å². The summed E-state index contributed by atoms with van der Waals surface area (Å²) in [6, 6.07) is 10.2. The van der Waals surface area contributed by atoms with Crippen molar-refractivity contribution in [3.05, 3.63) is 72.7 Å². The molecule has 0 fully saturated rings. The standard InChI is InChI=1S/C21H24N4O3/c1-14(2)19(24-20(26)18-5-4-12-28-18)21(27)23-15(3)16-6-8-17(9-7-16)25-11-10-22-13-25/h4-15,19H,1-3H3,(H,23,27)(H,24,26)/t15-,19+/m1/s1. The molecule has 3 rings (SSSR count). The molecule has 3 aromatic rings. The molecule has 0 saturated heterocycles. The van der Waals surface area contributed by atoms with Crippen molar-refractivity contribution in [1.29, 1.82) is 0 Å². The zero-order valence-electron chi connectivity index (χ0n) is 16.1. The minimum atomic E-state index is -0.662. The van der Waals surface area contributed by atoms with Crippen molar-refractivity contribution in [3.8, 4) is 5.69 Å². The molecular weight excluding hydrogens is 356 g/mol. The van der Waals surface area contributed by atoms with Crippen molar-refractivity contribution in [2.24, 2.45) is 5.92 Å². The number of aromatic nitrogens is 2.